The number of ether oxygens (including phenoxy) is 2. The molecule has 2 aliphatic heterocycles. The maximum absolute atomic E-state index is 12.8. The molecule has 8 nitrogen and oxygen atoms in total. The summed E-state index contributed by atoms with van der Waals surface area (Å²) < 4.78 is 10.9. The van der Waals surface area contributed by atoms with Crippen molar-refractivity contribution in [1.82, 2.24) is 15.2 Å². The summed E-state index contributed by atoms with van der Waals surface area (Å²) in [5, 5.41) is 4.44. The topological polar surface area (TPSA) is 84.0 Å². The van der Waals surface area contributed by atoms with Gasteiger partial charge in [0.05, 0.1) is 13.0 Å². The van der Waals surface area contributed by atoms with Crippen molar-refractivity contribution in [2.45, 2.75) is 77.5 Å². The molecule has 9 heteroatoms. The van der Waals surface area contributed by atoms with Crippen LogP contribution in [0, 0.1) is 11.8 Å². The molecule has 1 aliphatic carbocycles. The fourth-order valence-electron chi connectivity index (χ4n) is 6.23. The molecule has 1 aromatic carbocycles. The van der Waals surface area contributed by atoms with Gasteiger partial charge in [0.25, 0.3) is 0 Å². The number of aromatic nitrogens is 1. The van der Waals surface area contributed by atoms with E-state index in [0.29, 0.717) is 42.5 Å². The van der Waals surface area contributed by atoms with Crippen molar-refractivity contribution in [3.8, 4) is 0 Å². The van der Waals surface area contributed by atoms with E-state index in [4.69, 9.17) is 26.1 Å². The highest BCUT2D eigenvalue weighted by atomic mass is 35.5. The maximum Gasteiger partial charge on any atom is 0.416 e. The van der Waals surface area contributed by atoms with Crippen molar-refractivity contribution in [3.05, 3.63) is 58.2 Å². The maximum atomic E-state index is 12.8. The fraction of sp³-hybridized carbons (Fsp3) is 0.594. The number of halogens is 1. The number of likely N-dealkylation sites (tertiary alicyclic amines) is 1. The number of aryl methyl sites for hydroxylation is 2. The zero-order chi connectivity index (χ0) is 29.1. The molecule has 1 N–H and O–H groups in total. The van der Waals surface area contributed by atoms with Crippen LogP contribution in [0.1, 0.15) is 69.8 Å². The third-order valence-electron chi connectivity index (χ3n) is 8.23. The number of carbonyl (C=O) groups excluding carboxylic acids is 2. The van der Waals surface area contributed by atoms with Crippen LogP contribution in [0.3, 0.4) is 0 Å². The number of nitrogens with one attached hydrogen (secondary N) is 1. The number of pyridine rings is 1. The predicted molar refractivity (Wildman–Crippen MR) is 160 cm³/mol. The monoisotopic (exact) mass is 582 g/mol. The van der Waals surface area contributed by atoms with Crippen LogP contribution in [0.15, 0.2) is 36.4 Å². The SMILES string of the molecule is CCOC(=O)CC(NC1[C@H]2CN(CCCc3ccc4c(n3)N(C(=O)OC(C)(C)C)CCC4)C[C@@H]12)c1ccc(Cl)cc1. The van der Waals surface area contributed by atoms with Crippen LogP contribution in [-0.2, 0) is 27.1 Å². The first-order valence-corrected chi connectivity index (χ1v) is 15.4. The van der Waals surface area contributed by atoms with Gasteiger partial charge in [0.15, 0.2) is 0 Å². The number of anilines is 1. The smallest absolute Gasteiger partial charge is 0.416 e. The van der Waals surface area contributed by atoms with E-state index < -0.39 is 5.60 Å². The molecule has 1 saturated heterocycles. The van der Waals surface area contributed by atoms with E-state index in [0.717, 1.165) is 68.0 Å². The number of hydrogen-bond acceptors (Lipinski definition) is 7. The van der Waals surface area contributed by atoms with Crippen molar-refractivity contribution >= 4 is 29.5 Å². The fourth-order valence-corrected chi connectivity index (χ4v) is 6.35. The minimum absolute atomic E-state index is 0.0781. The standard InChI is InChI=1S/C32H43ClN4O4/c1-5-40-28(38)18-27(21-10-13-23(33)14-11-21)35-29-25-19-36(20-26(25)29)16-7-9-24-15-12-22-8-6-17-37(30(22)34-24)31(39)41-32(2,3)4/h10-15,25-27,29,35H,5-9,16-20H2,1-4H3/t25-,26+,27?,29?. The van der Waals surface area contributed by atoms with Crippen LogP contribution in [-0.4, -0.2) is 66.4 Å². The Bertz CT molecular complexity index is 1220. The quantitative estimate of drug-likeness (QED) is 0.367. The normalized spacial score (nSPS) is 22.6. The summed E-state index contributed by atoms with van der Waals surface area (Å²) in [5.41, 5.74) is 2.67. The first-order valence-electron chi connectivity index (χ1n) is 15.0. The molecule has 2 unspecified atom stereocenters. The van der Waals surface area contributed by atoms with Gasteiger partial charge in [-0.15, -0.1) is 0 Å². The number of rotatable bonds is 10. The number of amides is 1. The van der Waals surface area contributed by atoms with E-state index in [1.165, 1.54) is 0 Å². The molecule has 4 atom stereocenters. The minimum atomic E-state index is -0.533. The van der Waals surface area contributed by atoms with Crippen LogP contribution in [0.25, 0.3) is 0 Å². The lowest BCUT2D eigenvalue weighted by molar-refractivity contribution is -0.143. The van der Waals surface area contributed by atoms with Gasteiger partial charge in [-0.25, -0.2) is 9.78 Å². The second-order valence-corrected chi connectivity index (χ2v) is 13.0. The van der Waals surface area contributed by atoms with E-state index >= 15 is 0 Å². The number of esters is 1. The van der Waals surface area contributed by atoms with Crippen LogP contribution >= 0.6 is 11.6 Å². The molecule has 0 radical (unpaired) electrons. The van der Waals surface area contributed by atoms with Crippen molar-refractivity contribution in [3.63, 3.8) is 0 Å². The molecule has 2 fully saturated rings. The highest BCUT2D eigenvalue weighted by molar-refractivity contribution is 6.30. The van der Waals surface area contributed by atoms with Gasteiger partial charge in [-0.2, -0.15) is 0 Å². The predicted octanol–water partition coefficient (Wildman–Crippen LogP) is 5.57. The van der Waals surface area contributed by atoms with Crippen LogP contribution < -0.4 is 10.2 Å². The molecule has 0 bridgehead atoms. The lowest BCUT2D eigenvalue weighted by atomic mass is 10.0. The first-order chi connectivity index (χ1) is 19.6. The van der Waals surface area contributed by atoms with Gasteiger partial charge in [0.1, 0.15) is 11.4 Å². The van der Waals surface area contributed by atoms with Crippen LogP contribution in [0.5, 0.6) is 0 Å². The van der Waals surface area contributed by atoms with E-state index in [-0.39, 0.29) is 18.1 Å². The Balaban J connectivity index is 1.11. The Morgan fingerprint density at radius 1 is 1.12 bits per heavy atom. The molecule has 3 heterocycles. The molecule has 3 aliphatic rings. The molecule has 0 spiro atoms. The Kier molecular flexibility index (Phi) is 9.21. The lowest BCUT2D eigenvalue weighted by Gasteiger charge is -2.31. The Morgan fingerprint density at radius 3 is 2.54 bits per heavy atom. The van der Waals surface area contributed by atoms with Crippen molar-refractivity contribution in [1.29, 1.82) is 0 Å². The molecule has 2 aromatic rings. The molecule has 222 valence electrons. The number of benzene rings is 1. The minimum Gasteiger partial charge on any atom is -0.466 e. The number of piperidine rings is 1. The summed E-state index contributed by atoms with van der Waals surface area (Å²) >= 11 is 6.09. The largest absolute Gasteiger partial charge is 0.466 e. The summed E-state index contributed by atoms with van der Waals surface area (Å²) in [6.45, 7) is 11.7. The lowest BCUT2D eigenvalue weighted by Crippen LogP contribution is -2.40. The Hall–Kier alpha value is -2.68. The second-order valence-electron chi connectivity index (χ2n) is 12.5. The van der Waals surface area contributed by atoms with Gasteiger partial charge in [-0.3, -0.25) is 9.69 Å². The van der Waals surface area contributed by atoms with E-state index in [2.05, 4.69) is 22.3 Å². The average molecular weight is 583 g/mol. The molecule has 5 rings (SSSR count). The molecule has 1 aromatic heterocycles. The summed E-state index contributed by atoms with van der Waals surface area (Å²) in [6.07, 6.45) is 3.75. The van der Waals surface area contributed by atoms with Gasteiger partial charge >= 0.3 is 12.1 Å². The second kappa shape index (κ2) is 12.7. The number of fused-ring (bicyclic) bond motifs is 2. The highest BCUT2D eigenvalue weighted by Crippen LogP contribution is 2.47. The van der Waals surface area contributed by atoms with Gasteiger partial charge in [-0.05, 0) is 101 Å². The van der Waals surface area contributed by atoms with Gasteiger partial charge in [0.2, 0.25) is 0 Å². The van der Waals surface area contributed by atoms with Crippen molar-refractivity contribution < 1.29 is 19.1 Å². The van der Waals surface area contributed by atoms with E-state index in [1.807, 2.05) is 52.0 Å². The number of hydrogen-bond donors (Lipinski definition) is 1. The highest BCUT2D eigenvalue weighted by Gasteiger charge is 2.55. The number of carbonyl (C=O) groups is 2. The summed E-state index contributed by atoms with van der Waals surface area (Å²) in [6, 6.07) is 12.3. The van der Waals surface area contributed by atoms with Crippen molar-refractivity contribution in [2.75, 3.05) is 37.7 Å². The third kappa shape index (κ3) is 7.59. The first kappa shape index (κ1) is 29.8. The van der Waals surface area contributed by atoms with Crippen LogP contribution in [0.2, 0.25) is 5.02 Å². The van der Waals surface area contributed by atoms with Gasteiger partial charge in [0, 0.05) is 42.4 Å². The van der Waals surface area contributed by atoms with E-state index in [9.17, 15) is 9.59 Å². The summed E-state index contributed by atoms with van der Waals surface area (Å²) in [5.74, 6) is 1.79. The molecule has 1 saturated carbocycles. The Morgan fingerprint density at radius 2 is 1.85 bits per heavy atom. The average Bonchev–Trinajstić information content (AvgIpc) is 3.35. The van der Waals surface area contributed by atoms with Crippen molar-refractivity contribution in [2.24, 2.45) is 11.8 Å². The molecule has 41 heavy (non-hydrogen) atoms. The zero-order valence-corrected chi connectivity index (χ0v) is 25.5. The van der Waals surface area contributed by atoms with Gasteiger partial charge in [-0.1, -0.05) is 29.8 Å². The zero-order valence-electron chi connectivity index (χ0n) is 24.7. The molecular weight excluding hydrogens is 540 g/mol. The number of nitrogens with zero attached hydrogens (tertiary/aromatic N) is 3. The Labute approximate surface area is 248 Å². The van der Waals surface area contributed by atoms with E-state index in [1.54, 1.807) is 4.90 Å². The van der Waals surface area contributed by atoms with Gasteiger partial charge < -0.3 is 19.7 Å². The molecule has 1 amide bonds. The van der Waals surface area contributed by atoms with Crippen LogP contribution in [0.4, 0.5) is 10.6 Å². The summed E-state index contributed by atoms with van der Waals surface area (Å²) in [4.78, 5) is 34.2. The molecular formula is C32H43ClN4O4. The third-order valence-corrected chi connectivity index (χ3v) is 8.48. The summed E-state index contributed by atoms with van der Waals surface area (Å²) in [7, 11) is 0.